The van der Waals surface area contributed by atoms with Gasteiger partial charge in [-0.05, 0) is 18.2 Å². The molecule has 4 heteroatoms. The molecule has 1 amide bonds. The first kappa shape index (κ1) is 11.1. The van der Waals surface area contributed by atoms with Gasteiger partial charge in [-0.2, -0.15) is 4.90 Å². The van der Waals surface area contributed by atoms with Crippen molar-refractivity contribution in [2.75, 3.05) is 11.9 Å². The molecule has 0 bridgehead atoms. The van der Waals surface area contributed by atoms with Crippen LogP contribution in [0.3, 0.4) is 0 Å². The number of carbonyl (C=O) groups excluding carboxylic acids is 1. The van der Waals surface area contributed by atoms with Crippen LogP contribution in [0.2, 0.25) is 0 Å². The average Bonchev–Trinajstić information content (AvgIpc) is 2.39. The largest absolute Gasteiger partial charge is 0.350 e. The Bertz CT molecular complexity index is 526. The molecule has 0 atom stereocenters. The van der Waals surface area contributed by atoms with Crippen LogP contribution in [0.4, 0.5) is 5.82 Å². The number of benzene rings is 1. The van der Waals surface area contributed by atoms with Crippen LogP contribution in [0, 0.1) is 0 Å². The number of hydrogen-bond donors (Lipinski definition) is 1. The predicted octanol–water partition coefficient (Wildman–Crippen LogP) is 1.49. The van der Waals surface area contributed by atoms with Gasteiger partial charge in [-0.15, -0.1) is 0 Å². The van der Waals surface area contributed by atoms with Gasteiger partial charge < -0.3 is 5.21 Å². The molecule has 0 aliphatic heterocycles. The zero-order valence-corrected chi connectivity index (χ0v) is 9.45. The zero-order chi connectivity index (χ0) is 12.3. The number of amides is 1. The van der Waals surface area contributed by atoms with E-state index in [1.54, 1.807) is 49.5 Å². The number of carbonyl (C=O) groups is 1. The van der Waals surface area contributed by atoms with Crippen molar-refractivity contribution in [1.29, 1.82) is 0 Å². The van der Waals surface area contributed by atoms with Crippen molar-refractivity contribution in [3.05, 3.63) is 60.3 Å². The molecule has 0 radical (unpaired) electrons. The van der Waals surface area contributed by atoms with E-state index in [-0.39, 0.29) is 5.91 Å². The fraction of sp³-hybridized carbons (Fsp3) is 0.0769. The molecule has 0 fully saturated rings. The summed E-state index contributed by atoms with van der Waals surface area (Å²) in [6.07, 6.45) is 1.48. The number of hydrogen-bond acceptors (Lipinski definition) is 2. The third kappa shape index (κ3) is 2.25. The maximum absolute atomic E-state index is 12.1. The molecule has 4 nitrogen and oxygen atoms in total. The fourth-order valence-corrected chi connectivity index (χ4v) is 1.57. The third-order valence-electron chi connectivity index (χ3n) is 2.49. The highest BCUT2D eigenvalue weighted by Crippen LogP contribution is 2.09. The molecule has 0 saturated heterocycles. The van der Waals surface area contributed by atoms with Crippen LogP contribution in [0.15, 0.2) is 54.7 Å². The summed E-state index contributed by atoms with van der Waals surface area (Å²) in [5.41, 5.74) is 0.582. The Kier molecular flexibility index (Phi) is 3.05. The van der Waals surface area contributed by atoms with Gasteiger partial charge in [0.05, 0.1) is 12.6 Å². The summed E-state index contributed by atoms with van der Waals surface area (Å²) in [6.45, 7) is 0. The Hall–Kier alpha value is -2.36. The first-order chi connectivity index (χ1) is 8.20. The molecule has 2 rings (SSSR count). The Morgan fingerprint density at radius 3 is 2.41 bits per heavy atom. The lowest BCUT2D eigenvalue weighted by atomic mass is 10.2. The first-order valence-corrected chi connectivity index (χ1v) is 5.23. The van der Waals surface area contributed by atoms with E-state index in [2.05, 4.69) is 0 Å². The van der Waals surface area contributed by atoms with Gasteiger partial charge in [0.2, 0.25) is 0 Å². The van der Waals surface area contributed by atoms with Gasteiger partial charge in [-0.25, -0.2) is 4.79 Å². The molecule has 0 aliphatic carbocycles. The van der Waals surface area contributed by atoms with E-state index < -0.39 is 0 Å². The molecule has 0 unspecified atom stereocenters. The Balaban J connectivity index is 2.30. The molecule has 1 heterocycles. The van der Waals surface area contributed by atoms with E-state index in [0.717, 1.165) is 4.73 Å². The van der Waals surface area contributed by atoms with Crippen molar-refractivity contribution in [3.63, 3.8) is 0 Å². The second-order valence-electron chi connectivity index (χ2n) is 3.63. The Labute approximate surface area is 99.3 Å². The highest BCUT2D eigenvalue weighted by Gasteiger charge is 2.23. The number of anilines is 1. The zero-order valence-electron chi connectivity index (χ0n) is 9.45. The normalized spacial score (nSPS) is 9.94. The lowest BCUT2D eigenvalue weighted by molar-refractivity contribution is -0.894. The molecule has 0 saturated carbocycles. The van der Waals surface area contributed by atoms with Crippen LogP contribution >= 0.6 is 0 Å². The van der Waals surface area contributed by atoms with E-state index in [9.17, 15) is 10.0 Å². The molecular formula is C13H13N2O2+. The van der Waals surface area contributed by atoms with Crippen molar-refractivity contribution in [1.82, 2.24) is 0 Å². The molecule has 1 aromatic carbocycles. The smallest absolute Gasteiger partial charge is 0.341 e. The number of nitrogens with zero attached hydrogens (tertiary/aromatic N) is 2. The molecule has 2 aromatic rings. The highest BCUT2D eigenvalue weighted by molar-refractivity contribution is 6.04. The number of aromatic nitrogens is 1. The van der Waals surface area contributed by atoms with Crippen molar-refractivity contribution in [3.8, 4) is 0 Å². The molecule has 0 aliphatic rings. The predicted molar refractivity (Wildman–Crippen MR) is 63.0 cm³/mol. The molecule has 17 heavy (non-hydrogen) atoms. The second-order valence-corrected chi connectivity index (χ2v) is 3.63. The van der Waals surface area contributed by atoms with Crippen LogP contribution in [0.1, 0.15) is 10.4 Å². The minimum absolute atomic E-state index is 0.167. The van der Waals surface area contributed by atoms with E-state index >= 15 is 0 Å². The minimum Gasteiger partial charge on any atom is -0.350 e. The standard InChI is InChI=1S/C13H13N2O2/c1-14(12-9-5-6-10-15(12)17)13(16)11-7-3-2-4-8-11/h2-10,17H,1H3/q+1. The SMILES string of the molecule is CN(C(=O)c1ccccc1)c1cccc[n+]1O. The summed E-state index contributed by atoms with van der Waals surface area (Å²) in [5, 5.41) is 9.60. The van der Waals surface area contributed by atoms with E-state index in [4.69, 9.17) is 0 Å². The van der Waals surface area contributed by atoms with Crippen LogP contribution in [0.5, 0.6) is 0 Å². The Morgan fingerprint density at radius 2 is 1.76 bits per heavy atom. The average molecular weight is 229 g/mol. The maximum atomic E-state index is 12.1. The molecule has 1 N–H and O–H groups in total. The van der Waals surface area contributed by atoms with Crippen LogP contribution in [-0.4, -0.2) is 18.2 Å². The second kappa shape index (κ2) is 4.65. The minimum atomic E-state index is -0.167. The molecule has 1 aromatic heterocycles. The van der Waals surface area contributed by atoms with Crippen LogP contribution < -0.4 is 9.63 Å². The van der Waals surface area contributed by atoms with Gasteiger partial charge in [0, 0.05) is 6.07 Å². The van der Waals surface area contributed by atoms with Gasteiger partial charge in [0.1, 0.15) is 6.20 Å². The van der Waals surface area contributed by atoms with Crippen LogP contribution in [0.25, 0.3) is 0 Å². The maximum Gasteiger partial charge on any atom is 0.341 e. The van der Waals surface area contributed by atoms with Crippen molar-refractivity contribution in [2.45, 2.75) is 0 Å². The third-order valence-corrected chi connectivity index (χ3v) is 2.49. The summed E-state index contributed by atoms with van der Waals surface area (Å²) in [6, 6.07) is 14.1. The lowest BCUT2D eigenvalue weighted by Crippen LogP contribution is -2.40. The summed E-state index contributed by atoms with van der Waals surface area (Å²) in [5.74, 6) is 0.251. The van der Waals surface area contributed by atoms with E-state index in [0.29, 0.717) is 11.4 Å². The van der Waals surface area contributed by atoms with Gasteiger partial charge >= 0.3 is 11.7 Å². The number of rotatable bonds is 2. The highest BCUT2D eigenvalue weighted by atomic mass is 16.5. The lowest BCUT2D eigenvalue weighted by Gasteiger charge is -2.09. The van der Waals surface area contributed by atoms with Crippen molar-refractivity contribution < 1.29 is 14.7 Å². The van der Waals surface area contributed by atoms with Crippen molar-refractivity contribution >= 4 is 11.7 Å². The molecule has 0 spiro atoms. The van der Waals surface area contributed by atoms with Crippen LogP contribution in [-0.2, 0) is 0 Å². The molecular weight excluding hydrogens is 216 g/mol. The van der Waals surface area contributed by atoms with E-state index in [1.807, 2.05) is 6.07 Å². The summed E-state index contributed by atoms with van der Waals surface area (Å²) in [7, 11) is 1.62. The summed E-state index contributed by atoms with van der Waals surface area (Å²) in [4.78, 5) is 13.5. The van der Waals surface area contributed by atoms with Gasteiger partial charge in [0.15, 0.2) is 0 Å². The molecule has 86 valence electrons. The van der Waals surface area contributed by atoms with Crippen molar-refractivity contribution in [2.24, 2.45) is 0 Å². The van der Waals surface area contributed by atoms with Gasteiger partial charge in [-0.3, -0.25) is 0 Å². The monoisotopic (exact) mass is 229 g/mol. The van der Waals surface area contributed by atoms with E-state index in [1.165, 1.54) is 11.1 Å². The summed E-state index contributed by atoms with van der Waals surface area (Å²) < 4.78 is 0.918. The Morgan fingerprint density at radius 1 is 1.12 bits per heavy atom. The quantitative estimate of drug-likeness (QED) is 0.626. The fourth-order valence-electron chi connectivity index (χ4n) is 1.57. The van der Waals surface area contributed by atoms with Gasteiger partial charge in [-0.1, -0.05) is 29.0 Å². The summed E-state index contributed by atoms with van der Waals surface area (Å²) >= 11 is 0. The van der Waals surface area contributed by atoms with Gasteiger partial charge in [0.25, 0.3) is 0 Å². The first-order valence-electron chi connectivity index (χ1n) is 5.23. The topological polar surface area (TPSA) is 44.4 Å². The number of pyridine rings is 1.